The molecule has 2 atom stereocenters. The van der Waals surface area contributed by atoms with Crippen LogP contribution in [0.5, 0.6) is 0 Å². The van der Waals surface area contributed by atoms with Crippen LogP contribution in [0.1, 0.15) is 25.7 Å². The Bertz CT molecular complexity index is 1540. The van der Waals surface area contributed by atoms with E-state index >= 15 is 0 Å². The van der Waals surface area contributed by atoms with Gasteiger partial charge in [0.15, 0.2) is 0 Å². The lowest BCUT2D eigenvalue weighted by Gasteiger charge is -2.31. The van der Waals surface area contributed by atoms with Crippen LogP contribution < -0.4 is 16.0 Å². The smallest absolute Gasteiger partial charge is 0.244 e. The van der Waals surface area contributed by atoms with Crippen molar-refractivity contribution in [2.75, 3.05) is 36.8 Å². The third-order valence-corrected chi connectivity index (χ3v) is 9.53. The van der Waals surface area contributed by atoms with Crippen LogP contribution in [0.15, 0.2) is 65.8 Å². The summed E-state index contributed by atoms with van der Waals surface area (Å²) in [5, 5.41) is 8.51. The van der Waals surface area contributed by atoms with Gasteiger partial charge in [0.05, 0.1) is 21.9 Å². The number of benzene rings is 2. The lowest BCUT2D eigenvalue weighted by atomic mass is 9.99. The Hall–Kier alpha value is -3.16. The average molecular weight is 655 g/mol. The molecule has 43 heavy (non-hydrogen) atoms. The van der Waals surface area contributed by atoms with Gasteiger partial charge < -0.3 is 16.0 Å². The van der Waals surface area contributed by atoms with Crippen molar-refractivity contribution in [2.24, 2.45) is 11.8 Å². The number of pyridine rings is 1. The molecule has 9 nitrogen and oxygen atoms in total. The van der Waals surface area contributed by atoms with Gasteiger partial charge >= 0.3 is 0 Å². The Morgan fingerprint density at radius 3 is 2.05 bits per heavy atom. The minimum Gasteiger partial charge on any atom is -0.326 e. The van der Waals surface area contributed by atoms with E-state index in [4.69, 9.17) is 23.2 Å². The molecule has 2 fully saturated rings. The van der Waals surface area contributed by atoms with Gasteiger partial charge in [-0.3, -0.25) is 14.6 Å². The summed E-state index contributed by atoms with van der Waals surface area (Å²) in [6.07, 6.45) is 5.77. The first kappa shape index (κ1) is 32.7. The second kappa shape index (κ2) is 15.0. The fourth-order valence-corrected chi connectivity index (χ4v) is 6.46. The van der Waals surface area contributed by atoms with Gasteiger partial charge in [-0.25, -0.2) is 17.2 Å². The largest absolute Gasteiger partial charge is 0.326 e. The minimum atomic E-state index is -3.70. The summed E-state index contributed by atoms with van der Waals surface area (Å²) in [6.45, 7) is 2.05. The molecule has 2 aromatic carbocycles. The zero-order valence-corrected chi connectivity index (χ0v) is 25.4. The van der Waals surface area contributed by atoms with Gasteiger partial charge in [0.1, 0.15) is 16.5 Å². The summed E-state index contributed by atoms with van der Waals surface area (Å²) in [7, 11) is -3.70. The number of hydrogen-bond donors (Lipinski definition) is 3. The highest BCUT2D eigenvalue weighted by Crippen LogP contribution is 2.26. The van der Waals surface area contributed by atoms with Crippen LogP contribution in [0.2, 0.25) is 10.0 Å². The molecule has 0 spiro atoms. The maximum absolute atomic E-state index is 13.5. The molecule has 1 aromatic heterocycles. The van der Waals surface area contributed by atoms with Gasteiger partial charge in [-0.15, -0.1) is 0 Å². The number of piperidine rings is 2. The molecule has 2 amide bonds. The molecule has 0 unspecified atom stereocenters. The number of amides is 2. The number of aromatic nitrogens is 1. The maximum Gasteiger partial charge on any atom is 0.244 e. The van der Waals surface area contributed by atoms with Crippen molar-refractivity contribution >= 4 is 56.4 Å². The monoisotopic (exact) mass is 653 g/mol. The lowest BCUT2D eigenvalue weighted by molar-refractivity contribution is -0.121. The first-order valence-electron chi connectivity index (χ1n) is 13.7. The van der Waals surface area contributed by atoms with E-state index in [0.29, 0.717) is 31.6 Å². The Morgan fingerprint density at radius 2 is 1.51 bits per heavy atom. The molecule has 3 aromatic rings. The maximum atomic E-state index is 13.5. The number of nitrogens with one attached hydrogen (secondary N) is 3. The summed E-state index contributed by atoms with van der Waals surface area (Å²) in [5.41, 5.74) is 0.728. The van der Waals surface area contributed by atoms with Crippen molar-refractivity contribution < 1.29 is 26.8 Å². The van der Waals surface area contributed by atoms with Gasteiger partial charge in [-0.2, -0.15) is 4.31 Å². The van der Waals surface area contributed by atoms with Crippen LogP contribution in [-0.2, 0) is 19.6 Å². The Kier molecular flexibility index (Phi) is 11.4. The molecule has 0 aliphatic carbocycles. The molecule has 5 rings (SSSR count). The van der Waals surface area contributed by atoms with Gasteiger partial charge in [-0.05, 0) is 80.8 Å². The van der Waals surface area contributed by atoms with Gasteiger partial charge in [0.2, 0.25) is 21.8 Å². The Labute approximate surface area is 259 Å². The van der Waals surface area contributed by atoms with Crippen LogP contribution in [0.4, 0.5) is 20.2 Å². The minimum absolute atomic E-state index is 0.0330. The fraction of sp³-hybridized carbons (Fsp3) is 0.345. The van der Waals surface area contributed by atoms with E-state index in [-0.39, 0.29) is 44.9 Å². The summed E-state index contributed by atoms with van der Waals surface area (Å²) < 4.78 is 53.3. The Morgan fingerprint density at radius 1 is 0.907 bits per heavy atom. The molecule has 0 radical (unpaired) electrons. The molecule has 3 N–H and O–H groups in total. The highest BCUT2D eigenvalue weighted by atomic mass is 35.5. The number of halogens is 4. The van der Waals surface area contributed by atoms with E-state index in [1.807, 2.05) is 0 Å². The first-order valence-corrected chi connectivity index (χ1v) is 15.9. The van der Waals surface area contributed by atoms with Gasteiger partial charge in [0, 0.05) is 43.4 Å². The molecule has 3 heterocycles. The van der Waals surface area contributed by atoms with Crippen molar-refractivity contribution in [3.05, 3.63) is 82.6 Å². The van der Waals surface area contributed by atoms with Crippen molar-refractivity contribution in [3.8, 4) is 0 Å². The molecular formula is C29H31Cl2F2N5O4S. The molecule has 0 saturated carbocycles. The first-order chi connectivity index (χ1) is 20.5. The van der Waals surface area contributed by atoms with Crippen LogP contribution in [0.3, 0.4) is 0 Å². The summed E-state index contributed by atoms with van der Waals surface area (Å²) in [5.74, 6) is -2.13. The number of carbonyl (C=O) groups is 2. The summed E-state index contributed by atoms with van der Waals surface area (Å²) in [6, 6.07) is 11.3. The van der Waals surface area contributed by atoms with Gasteiger partial charge in [-0.1, -0.05) is 23.2 Å². The van der Waals surface area contributed by atoms with E-state index in [1.165, 1.54) is 47.0 Å². The standard InChI is InChI=1S/C17H17ClFN3O3S.C12H14ClFN2O/c18-15-6-5-13(9-16(15)19)21-17(23)12-3-2-8-22(11-12)26(24,25)14-4-1-7-20-10-14;13-10-4-3-9(6-11(10)14)16-12(17)8-2-1-5-15-7-8/h1,4-7,9-10,12H,2-3,8,11H2,(H,21,23);3-4,6,8,15H,1-2,5,7H2,(H,16,17)/t12-;8-/m00/s1. The van der Waals surface area contributed by atoms with Crippen LogP contribution in [0, 0.1) is 23.5 Å². The third-order valence-electron chi connectivity index (χ3n) is 7.07. The van der Waals surface area contributed by atoms with Crippen molar-refractivity contribution in [1.82, 2.24) is 14.6 Å². The number of anilines is 2. The molecule has 2 saturated heterocycles. The van der Waals surface area contributed by atoms with Crippen molar-refractivity contribution in [1.29, 1.82) is 0 Å². The number of hydrogen-bond acceptors (Lipinski definition) is 6. The summed E-state index contributed by atoms with van der Waals surface area (Å²) in [4.78, 5) is 28.3. The number of rotatable bonds is 6. The lowest BCUT2D eigenvalue weighted by Crippen LogP contribution is -2.43. The molecule has 2 aliphatic heterocycles. The second-order valence-corrected chi connectivity index (χ2v) is 12.9. The number of carbonyl (C=O) groups excluding carboxylic acids is 2. The van der Waals surface area contributed by atoms with E-state index in [2.05, 4.69) is 20.9 Å². The zero-order chi connectivity index (χ0) is 31.0. The second-order valence-electron chi connectivity index (χ2n) is 10.2. The van der Waals surface area contributed by atoms with Crippen LogP contribution >= 0.6 is 23.2 Å². The van der Waals surface area contributed by atoms with Gasteiger partial charge in [0.25, 0.3) is 0 Å². The quantitative estimate of drug-likeness (QED) is 0.331. The molecular weight excluding hydrogens is 623 g/mol. The molecule has 14 heteroatoms. The third kappa shape index (κ3) is 8.93. The van der Waals surface area contributed by atoms with E-state index in [9.17, 15) is 26.8 Å². The van der Waals surface area contributed by atoms with E-state index in [1.54, 1.807) is 12.1 Å². The van der Waals surface area contributed by atoms with E-state index < -0.39 is 27.6 Å². The zero-order valence-electron chi connectivity index (χ0n) is 23.0. The van der Waals surface area contributed by atoms with Crippen LogP contribution in [0.25, 0.3) is 0 Å². The number of sulfonamides is 1. The van der Waals surface area contributed by atoms with Crippen molar-refractivity contribution in [3.63, 3.8) is 0 Å². The van der Waals surface area contributed by atoms with Crippen molar-refractivity contribution in [2.45, 2.75) is 30.6 Å². The average Bonchev–Trinajstić information content (AvgIpc) is 3.02. The SMILES string of the molecule is O=C(Nc1ccc(Cl)c(F)c1)[C@H]1CCCN(S(=O)(=O)c2cccnc2)C1.O=C(Nc1ccc(Cl)c(F)c1)[C@H]1CCCNC1. The predicted molar refractivity (Wildman–Crippen MR) is 161 cm³/mol. The molecule has 0 bridgehead atoms. The Balaban J connectivity index is 0.000000215. The predicted octanol–water partition coefficient (Wildman–Crippen LogP) is 5.33. The normalized spacial score (nSPS) is 19.1. The van der Waals surface area contributed by atoms with E-state index in [0.717, 1.165) is 25.5 Å². The topological polar surface area (TPSA) is 120 Å². The highest BCUT2D eigenvalue weighted by molar-refractivity contribution is 7.89. The highest BCUT2D eigenvalue weighted by Gasteiger charge is 2.33. The number of nitrogens with zero attached hydrogens (tertiary/aromatic N) is 2. The molecule has 2 aliphatic rings. The fourth-order valence-electron chi connectivity index (χ4n) is 4.74. The molecule has 230 valence electrons. The van der Waals surface area contributed by atoms with Crippen LogP contribution in [-0.4, -0.2) is 55.7 Å². The summed E-state index contributed by atoms with van der Waals surface area (Å²) >= 11 is 11.2.